The Labute approximate surface area is 237 Å². The number of phosphoric acid groups is 1. The Hall–Kier alpha value is -2.49. The zero-order chi connectivity index (χ0) is 28.3. The Balaban J connectivity index is 1.80. The van der Waals surface area contributed by atoms with E-state index in [1.54, 1.807) is 0 Å². The van der Waals surface area contributed by atoms with Crippen molar-refractivity contribution >= 4 is 7.82 Å². The van der Waals surface area contributed by atoms with Crippen LogP contribution in [0, 0.1) is 0 Å². The van der Waals surface area contributed by atoms with Crippen molar-refractivity contribution in [3.63, 3.8) is 0 Å². The van der Waals surface area contributed by atoms with Crippen LogP contribution in [0.5, 0.6) is 0 Å². The predicted molar refractivity (Wildman–Crippen MR) is 164 cm³/mol. The van der Waals surface area contributed by atoms with E-state index >= 15 is 0 Å². The standard InChI is InChI=1S/C34H47O4P/c1-29(2)15-12-16-30(3)17-13-18-31(4)19-14-20-32(5)25-26-36-39(35,37-27-33-21-8-6-9-22-33)38-28-34-23-10-7-11-24-34/h6-11,15,17,19,21-25H,12-14,16,18,20,26-28H2,1-5H3/b30-17+,31-19+,32-25+. The predicted octanol–water partition coefficient (Wildman–Crippen LogP) is 10.7. The minimum absolute atomic E-state index is 0.157. The van der Waals surface area contributed by atoms with Crippen LogP contribution in [0.25, 0.3) is 0 Å². The zero-order valence-electron chi connectivity index (χ0n) is 24.5. The molecule has 0 aliphatic carbocycles. The molecule has 0 unspecified atom stereocenters. The number of benzene rings is 2. The lowest BCUT2D eigenvalue weighted by Crippen LogP contribution is -2.02. The second kappa shape index (κ2) is 18.7. The summed E-state index contributed by atoms with van der Waals surface area (Å²) in [6.07, 6.45) is 15.3. The smallest absolute Gasteiger partial charge is 0.283 e. The third-order valence-electron chi connectivity index (χ3n) is 6.28. The van der Waals surface area contributed by atoms with Crippen LogP contribution in [-0.4, -0.2) is 6.61 Å². The van der Waals surface area contributed by atoms with Gasteiger partial charge in [0.05, 0.1) is 19.8 Å². The highest BCUT2D eigenvalue weighted by atomic mass is 31.2. The largest absolute Gasteiger partial charge is 0.475 e. The van der Waals surface area contributed by atoms with E-state index in [-0.39, 0.29) is 19.8 Å². The highest BCUT2D eigenvalue weighted by molar-refractivity contribution is 7.48. The fourth-order valence-electron chi connectivity index (χ4n) is 3.83. The van der Waals surface area contributed by atoms with Gasteiger partial charge in [-0.1, -0.05) is 107 Å². The molecule has 0 atom stereocenters. The topological polar surface area (TPSA) is 44.8 Å². The highest BCUT2D eigenvalue weighted by Gasteiger charge is 2.26. The molecule has 0 bridgehead atoms. The minimum Gasteiger partial charge on any atom is -0.283 e. The van der Waals surface area contributed by atoms with Crippen LogP contribution in [0.3, 0.4) is 0 Å². The van der Waals surface area contributed by atoms with Crippen molar-refractivity contribution in [1.82, 2.24) is 0 Å². The molecule has 5 heteroatoms. The van der Waals surface area contributed by atoms with E-state index in [4.69, 9.17) is 13.6 Å². The van der Waals surface area contributed by atoms with E-state index in [1.165, 1.54) is 22.3 Å². The van der Waals surface area contributed by atoms with Crippen LogP contribution in [0.1, 0.15) is 84.3 Å². The molecule has 0 saturated carbocycles. The SMILES string of the molecule is CC(C)=CCC/C(C)=C/CC/C(C)=C/CC/C(C)=C/COP(=O)(OCc1ccccc1)OCc1ccccc1. The zero-order valence-corrected chi connectivity index (χ0v) is 25.4. The maximum Gasteiger partial charge on any atom is 0.475 e. The first-order valence-corrected chi connectivity index (χ1v) is 15.4. The van der Waals surface area contributed by atoms with Crippen molar-refractivity contribution in [2.75, 3.05) is 6.61 Å². The summed E-state index contributed by atoms with van der Waals surface area (Å²) in [6, 6.07) is 19.2. The first kappa shape index (κ1) is 32.7. The van der Waals surface area contributed by atoms with Gasteiger partial charge >= 0.3 is 7.82 Å². The Morgan fingerprint density at radius 1 is 0.590 bits per heavy atom. The van der Waals surface area contributed by atoms with Gasteiger partial charge in [-0.3, -0.25) is 13.6 Å². The average molecular weight is 551 g/mol. The summed E-state index contributed by atoms with van der Waals surface area (Å²) in [4.78, 5) is 0. The van der Waals surface area contributed by atoms with Gasteiger partial charge in [0.2, 0.25) is 0 Å². The maximum absolute atomic E-state index is 13.4. The molecule has 0 aliphatic heterocycles. The monoisotopic (exact) mass is 550 g/mol. The van der Waals surface area contributed by atoms with Crippen molar-refractivity contribution in [2.45, 2.75) is 86.4 Å². The third kappa shape index (κ3) is 15.6. The molecule has 0 aliphatic rings. The van der Waals surface area contributed by atoms with Crippen LogP contribution in [0.15, 0.2) is 107 Å². The molecule has 212 valence electrons. The lowest BCUT2D eigenvalue weighted by atomic mass is 10.0. The lowest BCUT2D eigenvalue weighted by molar-refractivity contribution is 0.111. The van der Waals surface area contributed by atoms with E-state index in [1.807, 2.05) is 66.7 Å². The average Bonchev–Trinajstić information content (AvgIpc) is 2.92. The molecule has 2 rings (SSSR count). The van der Waals surface area contributed by atoms with Crippen molar-refractivity contribution in [2.24, 2.45) is 0 Å². The summed E-state index contributed by atoms with van der Waals surface area (Å²) in [7, 11) is -3.75. The first-order valence-electron chi connectivity index (χ1n) is 14.0. The second-order valence-electron chi connectivity index (χ2n) is 10.3. The number of hydrogen-bond donors (Lipinski definition) is 0. The first-order chi connectivity index (χ1) is 18.8. The number of rotatable bonds is 18. The fraction of sp³-hybridized carbons (Fsp3) is 0.412. The molecular formula is C34H47O4P. The Kier molecular flexibility index (Phi) is 15.7. The quantitative estimate of drug-likeness (QED) is 0.137. The molecule has 0 N–H and O–H groups in total. The van der Waals surface area contributed by atoms with Crippen molar-refractivity contribution in [1.29, 1.82) is 0 Å². The normalized spacial score (nSPS) is 13.0. The molecule has 4 nitrogen and oxygen atoms in total. The number of hydrogen-bond acceptors (Lipinski definition) is 4. The molecule has 0 heterocycles. The van der Waals surface area contributed by atoms with Crippen LogP contribution in [0.4, 0.5) is 0 Å². The maximum atomic E-state index is 13.4. The Morgan fingerprint density at radius 2 is 1.00 bits per heavy atom. The molecule has 0 saturated heterocycles. The minimum atomic E-state index is -3.75. The molecule has 2 aromatic rings. The highest BCUT2D eigenvalue weighted by Crippen LogP contribution is 2.51. The molecule has 0 aromatic heterocycles. The van der Waals surface area contributed by atoms with Crippen molar-refractivity contribution in [3.05, 3.63) is 118 Å². The number of phosphoric ester groups is 1. The molecule has 2 aromatic carbocycles. The third-order valence-corrected chi connectivity index (χ3v) is 7.64. The van der Waals surface area contributed by atoms with Gasteiger partial charge in [-0.05, 0) is 84.3 Å². The van der Waals surface area contributed by atoms with Crippen molar-refractivity contribution in [3.8, 4) is 0 Å². The Bertz CT molecular complexity index is 1080. The van der Waals surface area contributed by atoms with Crippen molar-refractivity contribution < 1.29 is 18.1 Å². The van der Waals surface area contributed by atoms with Gasteiger partial charge in [0, 0.05) is 0 Å². The van der Waals surface area contributed by atoms with E-state index in [2.05, 4.69) is 52.8 Å². The van der Waals surface area contributed by atoms with Crippen LogP contribution < -0.4 is 0 Å². The van der Waals surface area contributed by atoms with E-state index in [0.29, 0.717) is 0 Å². The summed E-state index contributed by atoms with van der Waals surface area (Å²) in [5, 5.41) is 0. The molecule has 0 radical (unpaired) electrons. The molecular weight excluding hydrogens is 503 g/mol. The molecule has 39 heavy (non-hydrogen) atoms. The lowest BCUT2D eigenvalue weighted by Gasteiger charge is -2.18. The fourth-order valence-corrected chi connectivity index (χ4v) is 4.92. The summed E-state index contributed by atoms with van der Waals surface area (Å²) >= 11 is 0. The summed E-state index contributed by atoms with van der Waals surface area (Å²) in [5.74, 6) is 0. The Morgan fingerprint density at radius 3 is 1.44 bits per heavy atom. The molecule has 0 fully saturated rings. The van der Waals surface area contributed by atoms with Crippen LogP contribution in [-0.2, 0) is 31.4 Å². The summed E-state index contributed by atoms with van der Waals surface area (Å²) in [6.45, 7) is 11.3. The summed E-state index contributed by atoms with van der Waals surface area (Å²) < 4.78 is 30.4. The van der Waals surface area contributed by atoms with Crippen LogP contribution in [0.2, 0.25) is 0 Å². The van der Waals surface area contributed by atoms with Gasteiger partial charge < -0.3 is 0 Å². The number of allylic oxidation sites excluding steroid dienone is 7. The van der Waals surface area contributed by atoms with E-state index in [9.17, 15) is 4.57 Å². The van der Waals surface area contributed by atoms with Gasteiger partial charge in [-0.2, -0.15) is 0 Å². The van der Waals surface area contributed by atoms with Gasteiger partial charge in [-0.25, -0.2) is 4.57 Å². The molecule has 0 spiro atoms. The van der Waals surface area contributed by atoms with Gasteiger partial charge in [0.1, 0.15) is 0 Å². The molecule has 0 amide bonds. The second-order valence-corrected chi connectivity index (χ2v) is 12.0. The van der Waals surface area contributed by atoms with Gasteiger partial charge in [0.15, 0.2) is 0 Å². The van der Waals surface area contributed by atoms with E-state index < -0.39 is 7.82 Å². The van der Waals surface area contributed by atoms with Crippen LogP contribution >= 0.6 is 7.82 Å². The van der Waals surface area contributed by atoms with Gasteiger partial charge in [-0.15, -0.1) is 0 Å². The van der Waals surface area contributed by atoms with Gasteiger partial charge in [0.25, 0.3) is 0 Å². The summed E-state index contributed by atoms with van der Waals surface area (Å²) in [5.41, 5.74) is 7.28. The van der Waals surface area contributed by atoms with E-state index in [0.717, 1.165) is 49.7 Å².